The van der Waals surface area contributed by atoms with Crippen LogP contribution in [-0.2, 0) is 19.3 Å². The number of benzene rings is 2. The lowest BCUT2D eigenvalue weighted by Gasteiger charge is -2.26. The van der Waals surface area contributed by atoms with Gasteiger partial charge in [0.1, 0.15) is 0 Å². The first-order chi connectivity index (χ1) is 16.9. The van der Waals surface area contributed by atoms with Gasteiger partial charge < -0.3 is 14.5 Å². The highest BCUT2D eigenvalue weighted by atomic mass is 35.5. The van der Waals surface area contributed by atoms with E-state index < -0.39 is 30.3 Å². The summed E-state index contributed by atoms with van der Waals surface area (Å²) in [7, 11) is -8.81. The van der Waals surface area contributed by atoms with Gasteiger partial charge in [-0.25, -0.2) is 8.42 Å². The first-order valence-corrected chi connectivity index (χ1v) is 14.9. The van der Waals surface area contributed by atoms with E-state index >= 15 is 0 Å². The normalized spacial score (nSPS) is 15.3. The standard InChI is InChI=1S/C22H24Cl2N3O7PS/c23-17-12-18(24)14-20(13-17)36(32,33)27(7-10-35(29,30)31)19-1-2-21-16(11-19)3-4-26(21)22(28)15-25-5-8-34-9-6-25/h1-4,11-14H,5-10,15H2,(H2,29,30,31). The van der Waals surface area contributed by atoms with Gasteiger partial charge in [0.2, 0.25) is 5.91 Å². The van der Waals surface area contributed by atoms with Gasteiger partial charge in [-0.1, -0.05) is 23.2 Å². The molecule has 1 aliphatic heterocycles. The molecule has 36 heavy (non-hydrogen) atoms. The molecule has 0 radical (unpaired) electrons. The maximum atomic E-state index is 13.5. The Morgan fingerprint density at radius 1 is 1.06 bits per heavy atom. The summed E-state index contributed by atoms with van der Waals surface area (Å²) in [4.78, 5) is 33.5. The summed E-state index contributed by atoms with van der Waals surface area (Å²) in [5.74, 6) is -0.140. The fourth-order valence-corrected chi connectivity index (χ4v) is 6.72. The summed E-state index contributed by atoms with van der Waals surface area (Å²) in [5, 5.41) is 0.785. The van der Waals surface area contributed by atoms with Gasteiger partial charge in [0.25, 0.3) is 10.0 Å². The quantitative estimate of drug-likeness (QED) is 0.391. The molecule has 0 bridgehead atoms. The molecule has 0 spiro atoms. The summed E-state index contributed by atoms with van der Waals surface area (Å²) in [5.41, 5.74) is 0.751. The number of sulfonamides is 1. The molecule has 4 rings (SSSR count). The second-order valence-corrected chi connectivity index (χ2v) is 12.8. The largest absolute Gasteiger partial charge is 0.379 e. The molecular formula is C22H24Cl2N3O7PS. The van der Waals surface area contributed by atoms with Crippen molar-refractivity contribution in [1.82, 2.24) is 9.47 Å². The van der Waals surface area contributed by atoms with E-state index in [-0.39, 0.29) is 33.1 Å². The third-order valence-electron chi connectivity index (χ3n) is 5.71. The third kappa shape index (κ3) is 6.30. The first-order valence-electron chi connectivity index (χ1n) is 10.9. The topological polar surface area (TPSA) is 129 Å². The zero-order valence-electron chi connectivity index (χ0n) is 19.0. The Morgan fingerprint density at radius 3 is 2.36 bits per heavy atom. The SMILES string of the molecule is O=C(CN1CCOCC1)n1ccc2cc(N(CCP(=O)(O)O)S(=O)(=O)c3cc(Cl)cc(Cl)c3)ccc21. The van der Waals surface area contributed by atoms with E-state index in [0.717, 1.165) is 4.31 Å². The van der Waals surface area contributed by atoms with Crippen LogP contribution in [0, 0.1) is 0 Å². The van der Waals surface area contributed by atoms with Crippen LogP contribution < -0.4 is 4.31 Å². The van der Waals surface area contributed by atoms with E-state index in [1.807, 2.05) is 4.90 Å². The van der Waals surface area contributed by atoms with Crippen LogP contribution in [0.25, 0.3) is 10.9 Å². The van der Waals surface area contributed by atoms with E-state index in [2.05, 4.69) is 0 Å². The van der Waals surface area contributed by atoms with Crippen molar-refractivity contribution < 1.29 is 32.3 Å². The lowest BCUT2D eigenvalue weighted by molar-refractivity contribution is 0.0350. The average molecular weight is 576 g/mol. The Labute approximate surface area is 218 Å². The van der Waals surface area contributed by atoms with Crippen LogP contribution in [0.15, 0.2) is 53.6 Å². The van der Waals surface area contributed by atoms with Crippen molar-refractivity contribution in [2.75, 3.05) is 49.9 Å². The van der Waals surface area contributed by atoms with Gasteiger partial charge in [-0.3, -0.25) is 23.1 Å². The number of nitrogens with zero attached hydrogens (tertiary/aromatic N) is 3. The van der Waals surface area contributed by atoms with Crippen molar-refractivity contribution in [3.63, 3.8) is 0 Å². The molecule has 2 heterocycles. The zero-order valence-corrected chi connectivity index (χ0v) is 22.2. The van der Waals surface area contributed by atoms with Crippen LogP contribution >= 0.6 is 30.8 Å². The number of rotatable bonds is 8. The monoisotopic (exact) mass is 575 g/mol. The molecule has 3 aromatic rings. The molecule has 194 valence electrons. The number of aromatic nitrogens is 1. The number of ether oxygens (including phenoxy) is 1. The maximum absolute atomic E-state index is 13.5. The van der Waals surface area contributed by atoms with E-state index in [0.29, 0.717) is 37.2 Å². The van der Waals surface area contributed by atoms with E-state index in [1.165, 1.54) is 28.8 Å². The lowest BCUT2D eigenvalue weighted by atomic mass is 10.2. The highest BCUT2D eigenvalue weighted by Gasteiger charge is 2.29. The Bertz CT molecular complexity index is 1410. The zero-order chi connectivity index (χ0) is 26.1. The minimum Gasteiger partial charge on any atom is -0.379 e. The fraction of sp³-hybridized carbons (Fsp3) is 0.318. The predicted molar refractivity (Wildman–Crippen MR) is 138 cm³/mol. The molecule has 1 aliphatic rings. The molecule has 14 heteroatoms. The summed E-state index contributed by atoms with van der Waals surface area (Å²) >= 11 is 12.0. The van der Waals surface area contributed by atoms with Crippen LogP contribution in [0.4, 0.5) is 5.69 Å². The van der Waals surface area contributed by atoms with E-state index in [9.17, 15) is 27.6 Å². The number of fused-ring (bicyclic) bond motifs is 1. The Hall–Kier alpha value is -1.95. The summed E-state index contributed by atoms with van der Waals surface area (Å²) in [6.07, 6.45) is 0.917. The van der Waals surface area contributed by atoms with Crippen LogP contribution in [-0.4, -0.2) is 79.1 Å². The first kappa shape index (κ1) is 27.1. The minimum atomic E-state index is -4.52. The maximum Gasteiger partial charge on any atom is 0.327 e. The van der Waals surface area contributed by atoms with E-state index in [1.54, 1.807) is 24.4 Å². The molecule has 2 aromatic carbocycles. The molecule has 1 aromatic heterocycles. The Balaban J connectivity index is 1.69. The number of halogens is 2. The summed E-state index contributed by atoms with van der Waals surface area (Å²) in [6.45, 7) is 2.19. The van der Waals surface area contributed by atoms with Gasteiger partial charge in [-0.15, -0.1) is 0 Å². The summed E-state index contributed by atoms with van der Waals surface area (Å²) in [6, 6.07) is 10.1. The number of carbonyl (C=O) groups is 1. The van der Waals surface area contributed by atoms with Crippen LogP contribution in [0.5, 0.6) is 0 Å². The number of anilines is 1. The number of morpholine rings is 1. The lowest BCUT2D eigenvalue weighted by Crippen LogP contribution is -2.40. The van der Waals surface area contributed by atoms with E-state index in [4.69, 9.17) is 27.9 Å². The van der Waals surface area contributed by atoms with Crippen molar-refractivity contribution >= 4 is 63.3 Å². The van der Waals surface area contributed by atoms with Crippen molar-refractivity contribution in [3.05, 3.63) is 58.7 Å². The molecule has 2 N–H and O–H groups in total. The highest BCUT2D eigenvalue weighted by molar-refractivity contribution is 7.92. The van der Waals surface area contributed by atoms with Gasteiger partial charge >= 0.3 is 7.60 Å². The van der Waals surface area contributed by atoms with Gasteiger partial charge in [0.15, 0.2) is 0 Å². The third-order valence-corrected chi connectivity index (χ3v) is 8.74. The molecule has 10 nitrogen and oxygen atoms in total. The van der Waals surface area contributed by atoms with Crippen LogP contribution in [0.3, 0.4) is 0 Å². The van der Waals surface area contributed by atoms with Crippen molar-refractivity contribution in [2.24, 2.45) is 0 Å². The van der Waals surface area contributed by atoms with Gasteiger partial charge in [-0.2, -0.15) is 0 Å². The Kier molecular flexibility index (Phi) is 8.13. The number of hydrogen-bond acceptors (Lipinski definition) is 6. The average Bonchev–Trinajstić information content (AvgIpc) is 3.22. The molecule has 0 amide bonds. The second kappa shape index (κ2) is 10.8. The molecule has 0 aliphatic carbocycles. The number of hydrogen-bond donors (Lipinski definition) is 2. The fourth-order valence-electron chi connectivity index (χ4n) is 3.94. The van der Waals surface area contributed by atoms with Crippen LogP contribution in [0.2, 0.25) is 10.0 Å². The van der Waals surface area contributed by atoms with Gasteiger partial charge in [0, 0.05) is 41.3 Å². The summed E-state index contributed by atoms with van der Waals surface area (Å²) < 4.78 is 46.3. The van der Waals surface area contributed by atoms with Gasteiger partial charge in [0.05, 0.1) is 42.0 Å². The minimum absolute atomic E-state index is 0.0994. The molecular weight excluding hydrogens is 552 g/mol. The van der Waals surface area contributed by atoms with Gasteiger partial charge in [-0.05, 0) is 42.5 Å². The van der Waals surface area contributed by atoms with Crippen molar-refractivity contribution in [3.8, 4) is 0 Å². The molecule has 0 saturated carbocycles. The predicted octanol–water partition coefficient (Wildman–Crippen LogP) is 3.29. The Morgan fingerprint density at radius 2 is 1.72 bits per heavy atom. The smallest absolute Gasteiger partial charge is 0.327 e. The number of carbonyl (C=O) groups excluding carboxylic acids is 1. The van der Waals surface area contributed by atoms with Crippen molar-refractivity contribution in [1.29, 1.82) is 0 Å². The van der Waals surface area contributed by atoms with Crippen LogP contribution in [0.1, 0.15) is 4.79 Å². The second-order valence-electron chi connectivity index (χ2n) is 8.28. The molecule has 0 atom stereocenters. The van der Waals surface area contributed by atoms with Crippen molar-refractivity contribution in [2.45, 2.75) is 4.90 Å². The molecule has 1 fully saturated rings. The molecule has 0 unspecified atom stereocenters. The molecule has 1 saturated heterocycles. The highest BCUT2D eigenvalue weighted by Crippen LogP contribution is 2.36.